The van der Waals surface area contributed by atoms with Crippen LogP contribution in [-0.2, 0) is 14.3 Å². The third-order valence-electron chi connectivity index (χ3n) is 4.65. The molecule has 0 bridgehead atoms. The Morgan fingerprint density at radius 1 is 1.46 bits per heavy atom. The number of rotatable bonds is 11. The van der Waals surface area contributed by atoms with E-state index < -0.39 is 0 Å². The Morgan fingerprint density at radius 2 is 2.27 bits per heavy atom. The standard InChI is InChI=1S/C20H28N2O4/c1-4-6-7-8-9-16-14-22(20(16)24)17(12-19(23)26-5-2)15-10-11-18(25-3)21-13-15/h4,10-11,13,16-17H,1,5-9,12,14H2,2-3H3/t16?,17-/m0/s1. The number of hydrogen-bond donors (Lipinski definition) is 0. The monoisotopic (exact) mass is 360 g/mol. The van der Waals surface area contributed by atoms with E-state index in [1.165, 1.54) is 0 Å². The predicted octanol–water partition coefficient (Wildman–Crippen LogP) is 3.29. The van der Waals surface area contributed by atoms with Gasteiger partial charge in [-0.05, 0) is 31.7 Å². The van der Waals surface area contributed by atoms with Gasteiger partial charge in [-0.3, -0.25) is 9.59 Å². The van der Waals surface area contributed by atoms with Gasteiger partial charge in [0.1, 0.15) is 0 Å². The smallest absolute Gasteiger partial charge is 0.308 e. The first kappa shape index (κ1) is 19.9. The molecule has 0 aromatic carbocycles. The minimum atomic E-state index is -0.343. The van der Waals surface area contributed by atoms with Crippen LogP contribution in [0.5, 0.6) is 5.88 Å². The summed E-state index contributed by atoms with van der Waals surface area (Å²) in [7, 11) is 1.55. The average molecular weight is 360 g/mol. The number of esters is 1. The van der Waals surface area contributed by atoms with Gasteiger partial charge in [-0.15, -0.1) is 6.58 Å². The van der Waals surface area contributed by atoms with E-state index in [1.807, 2.05) is 12.1 Å². The Bertz CT molecular complexity index is 615. The number of carbonyl (C=O) groups excluding carboxylic acids is 2. The average Bonchev–Trinajstić information content (AvgIpc) is 2.65. The predicted molar refractivity (Wildman–Crippen MR) is 98.6 cm³/mol. The lowest BCUT2D eigenvalue weighted by Gasteiger charge is -2.43. The van der Waals surface area contributed by atoms with Crippen molar-refractivity contribution in [1.82, 2.24) is 9.88 Å². The van der Waals surface area contributed by atoms with Gasteiger partial charge in [-0.2, -0.15) is 0 Å². The first-order valence-corrected chi connectivity index (χ1v) is 9.17. The lowest BCUT2D eigenvalue weighted by molar-refractivity contribution is -0.155. The number of ether oxygens (including phenoxy) is 2. The Balaban J connectivity index is 2.03. The van der Waals surface area contributed by atoms with E-state index in [-0.39, 0.29) is 30.3 Å². The molecular formula is C20H28N2O4. The van der Waals surface area contributed by atoms with Crippen LogP contribution in [0.25, 0.3) is 0 Å². The zero-order valence-corrected chi connectivity index (χ0v) is 15.6. The topological polar surface area (TPSA) is 68.7 Å². The highest BCUT2D eigenvalue weighted by Gasteiger charge is 2.41. The molecule has 1 aromatic rings. The molecule has 2 rings (SSSR count). The SMILES string of the molecule is C=CCCCCC1CN([C@@H](CC(=O)OCC)c2ccc(OC)nc2)C1=O. The molecule has 0 radical (unpaired) electrons. The Labute approximate surface area is 155 Å². The second-order valence-electron chi connectivity index (χ2n) is 6.42. The summed E-state index contributed by atoms with van der Waals surface area (Å²) in [5, 5.41) is 0. The van der Waals surface area contributed by atoms with Crippen LogP contribution in [0.2, 0.25) is 0 Å². The van der Waals surface area contributed by atoms with Gasteiger partial charge in [-0.25, -0.2) is 4.98 Å². The highest BCUT2D eigenvalue weighted by atomic mass is 16.5. The zero-order valence-electron chi connectivity index (χ0n) is 15.6. The first-order chi connectivity index (χ1) is 12.6. The Hall–Kier alpha value is -2.37. The van der Waals surface area contributed by atoms with E-state index in [0.29, 0.717) is 19.0 Å². The van der Waals surface area contributed by atoms with Gasteiger partial charge < -0.3 is 14.4 Å². The molecule has 1 aromatic heterocycles. The van der Waals surface area contributed by atoms with E-state index in [1.54, 1.807) is 31.2 Å². The van der Waals surface area contributed by atoms with E-state index in [9.17, 15) is 9.59 Å². The van der Waals surface area contributed by atoms with Crippen LogP contribution >= 0.6 is 0 Å². The van der Waals surface area contributed by atoms with Crippen molar-refractivity contribution in [3.63, 3.8) is 0 Å². The number of amides is 1. The van der Waals surface area contributed by atoms with Crippen molar-refractivity contribution in [2.75, 3.05) is 20.3 Å². The van der Waals surface area contributed by atoms with E-state index >= 15 is 0 Å². The van der Waals surface area contributed by atoms with Crippen molar-refractivity contribution in [2.24, 2.45) is 5.92 Å². The molecule has 1 saturated heterocycles. The normalized spacial score (nSPS) is 17.4. The molecule has 6 heteroatoms. The Morgan fingerprint density at radius 3 is 2.85 bits per heavy atom. The van der Waals surface area contributed by atoms with Crippen molar-refractivity contribution in [1.29, 1.82) is 0 Å². The van der Waals surface area contributed by atoms with Crippen molar-refractivity contribution in [2.45, 2.75) is 45.1 Å². The first-order valence-electron chi connectivity index (χ1n) is 9.17. The summed E-state index contributed by atoms with van der Waals surface area (Å²) in [6, 6.07) is 3.25. The fraction of sp³-hybridized carbons (Fsp3) is 0.550. The maximum absolute atomic E-state index is 12.6. The molecule has 0 saturated carbocycles. The van der Waals surface area contributed by atoms with Gasteiger partial charge in [0.05, 0.1) is 32.1 Å². The third kappa shape index (κ3) is 5.07. The third-order valence-corrected chi connectivity index (χ3v) is 4.65. The molecule has 6 nitrogen and oxygen atoms in total. The summed E-state index contributed by atoms with van der Waals surface area (Å²) in [6.45, 7) is 6.49. The zero-order chi connectivity index (χ0) is 18.9. The van der Waals surface area contributed by atoms with Crippen LogP contribution in [0.4, 0.5) is 0 Å². The fourth-order valence-corrected chi connectivity index (χ4v) is 3.20. The number of β-lactam (4-membered cyclic amide) rings is 1. The number of unbranched alkanes of at least 4 members (excludes halogenated alkanes) is 2. The van der Waals surface area contributed by atoms with E-state index in [0.717, 1.165) is 31.2 Å². The van der Waals surface area contributed by atoms with Gasteiger partial charge in [0.15, 0.2) is 0 Å². The molecule has 1 amide bonds. The summed E-state index contributed by atoms with van der Waals surface area (Å²) in [5.74, 6) is 0.346. The molecule has 1 aliphatic heterocycles. The number of likely N-dealkylation sites (tertiary alicyclic amines) is 1. The van der Waals surface area contributed by atoms with Gasteiger partial charge in [0, 0.05) is 18.8 Å². The van der Waals surface area contributed by atoms with Gasteiger partial charge in [0.2, 0.25) is 11.8 Å². The summed E-state index contributed by atoms with van der Waals surface area (Å²) < 4.78 is 10.2. The lowest BCUT2D eigenvalue weighted by atomic mass is 9.88. The number of aromatic nitrogens is 1. The maximum atomic E-state index is 12.6. The van der Waals surface area contributed by atoms with Crippen LogP contribution in [0.15, 0.2) is 31.0 Å². The summed E-state index contributed by atoms with van der Waals surface area (Å²) >= 11 is 0. The molecule has 2 atom stereocenters. The van der Waals surface area contributed by atoms with Crippen molar-refractivity contribution >= 4 is 11.9 Å². The Kier molecular flexibility index (Phi) is 7.63. The molecule has 0 N–H and O–H groups in total. The molecule has 1 aliphatic rings. The highest BCUT2D eigenvalue weighted by Crippen LogP contribution is 2.35. The quantitative estimate of drug-likeness (QED) is 0.262. The number of nitrogens with zero attached hydrogens (tertiary/aromatic N) is 2. The molecule has 0 spiro atoms. The molecule has 2 heterocycles. The second kappa shape index (κ2) is 9.94. The van der Waals surface area contributed by atoms with Crippen LogP contribution in [0.3, 0.4) is 0 Å². The molecule has 142 valence electrons. The maximum Gasteiger partial charge on any atom is 0.308 e. The summed E-state index contributed by atoms with van der Waals surface area (Å²) in [5.41, 5.74) is 0.817. The van der Waals surface area contributed by atoms with Gasteiger partial charge in [-0.1, -0.05) is 18.6 Å². The highest BCUT2D eigenvalue weighted by molar-refractivity contribution is 5.85. The van der Waals surface area contributed by atoms with Crippen molar-refractivity contribution in [3.05, 3.63) is 36.5 Å². The lowest BCUT2D eigenvalue weighted by Crippen LogP contribution is -2.54. The molecular weight excluding hydrogens is 332 g/mol. The number of hydrogen-bond acceptors (Lipinski definition) is 5. The summed E-state index contributed by atoms with van der Waals surface area (Å²) in [4.78, 5) is 30.6. The van der Waals surface area contributed by atoms with Crippen LogP contribution in [0, 0.1) is 5.92 Å². The fourth-order valence-electron chi connectivity index (χ4n) is 3.20. The largest absolute Gasteiger partial charge is 0.481 e. The van der Waals surface area contributed by atoms with Gasteiger partial charge in [0.25, 0.3) is 0 Å². The molecule has 0 aliphatic carbocycles. The molecule has 1 fully saturated rings. The second-order valence-corrected chi connectivity index (χ2v) is 6.42. The number of pyridine rings is 1. The minimum absolute atomic E-state index is 0.0516. The van der Waals surface area contributed by atoms with Gasteiger partial charge >= 0.3 is 5.97 Å². The van der Waals surface area contributed by atoms with E-state index in [4.69, 9.17) is 9.47 Å². The van der Waals surface area contributed by atoms with Crippen LogP contribution in [-0.4, -0.2) is 42.0 Å². The number of methoxy groups -OCH3 is 1. The number of carbonyl (C=O) groups is 2. The minimum Gasteiger partial charge on any atom is -0.481 e. The molecule has 26 heavy (non-hydrogen) atoms. The van der Waals surface area contributed by atoms with Crippen LogP contribution < -0.4 is 4.74 Å². The van der Waals surface area contributed by atoms with Crippen molar-refractivity contribution < 1.29 is 19.1 Å². The van der Waals surface area contributed by atoms with Crippen molar-refractivity contribution in [3.8, 4) is 5.88 Å². The van der Waals surface area contributed by atoms with Crippen LogP contribution in [0.1, 0.15) is 50.6 Å². The van der Waals surface area contributed by atoms with E-state index in [2.05, 4.69) is 11.6 Å². The molecule has 1 unspecified atom stereocenters. The summed E-state index contributed by atoms with van der Waals surface area (Å²) in [6.07, 6.45) is 7.64. The number of allylic oxidation sites excluding steroid dienone is 1.